The van der Waals surface area contributed by atoms with E-state index in [1.54, 1.807) is 18.5 Å². The van der Waals surface area contributed by atoms with Crippen LogP contribution in [0.15, 0.2) is 42.7 Å². The van der Waals surface area contributed by atoms with Gasteiger partial charge in [0.2, 0.25) is 11.8 Å². The van der Waals surface area contributed by atoms with Crippen LogP contribution in [0.2, 0.25) is 10.0 Å². The summed E-state index contributed by atoms with van der Waals surface area (Å²) in [7, 11) is 1.44. The smallest absolute Gasteiger partial charge is 0.305 e. The number of ether oxygens (including phenoxy) is 3. The van der Waals surface area contributed by atoms with Gasteiger partial charge >= 0.3 is 5.97 Å². The number of rotatable bonds is 9. The third-order valence-electron chi connectivity index (χ3n) is 8.70. The van der Waals surface area contributed by atoms with Gasteiger partial charge in [0, 0.05) is 60.3 Å². The van der Waals surface area contributed by atoms with Crippen LogP contribution in [0.5, 0.6) is 11.6 Å². The van der Waals surface area contributed by atoms with E-state index in [4.69, 9.17) is 42.4 Å². The standard InChI is InChI=1S/C32H38Cl2N6O4/c1-21-17-39(7-8-40(21)27-19-43-20-27)32-35-15-28(16-36-32)44-30-10-23(9-29(37-30)24-12-25(33)14-26(34)13-24)18-38-5-3-22(4-6-38)11-31(41)42-2/h9-10,12-16,21-22,27H,3-8,11,17-20H2,1-2H3. The van der Waals surface area contributed by atoms with Crippen molar-refractivity contribution >= 4 is 35.1 Å². The Balaban J connectivity index is 1.16. The van der Waals surface area contributed by atoms with Gasteiger partial charge in [0.05, 0.1) is 44.5 Å². The van der Waals surface area contributed by atoms with Crippen LogP contribution in [0.3, 0.4) is 0 Å². The Morgan fingerprint density at radius 2 is 1.73 bits per heavy atom. The maximum Gasteiger partial charge on any atom is 0.305 e. The molecule has 3 aliphatic heterocycles. The zero-order valence-corrected chi connectivity index (χ0v) is 26.6. The number of carbonyl (C=O) groups excluding carboxylic acids is 1. The van der Waals surface area contributed by atoms with Gasteiger partial charge in [-0.2, -0.15) is 0 Å². The number of aromatic nitrogens is 3. The van der Waals surface area contributed by atoms with E-state index >= 15 is 0 Å². The van der Waals surface area contributed by atoms with Gasteiger partial charge < -0.3 is 19.1 Å². The fourth-order valence-electron chi connectivity index (χ4n) is 6.23. The molecule has 0 spiro atoms. The van der Waals surface area contributed by atoms with Crippen LogP contribution in [0.1, 0.15) is 31.7 Å². The van der Waals surface area contributed by atoms with E-state index in [0.717, 1.165) is 76.5 Å². The lowest BCUT2D eigenvalue weighted by Crippen LogP contribution is -2.60. The average Bonchev–Trinajstić information content (AvgIpc) is 2.98. The van der Waals surface area contributed by atoms with Crippen LogP contribution in [0.4, 0.5) is 5.95 Å². The summed E-state index contributed by atoms with van der Waals surface area (Å²) >= 11 is 12.7. The van der Waals surface area contributed by atoms with Crippen molar-refractivity contribution in [3.8, 4) is 22.9 Å². The number of carbonyl (C=O) groups is 1. The van der Waals surface area contributed by atoms with Crippen molar-refractivity contribution in [1.29, 1.82) is 0 Å². The lowest BCUT2D eigenvalue weighted by molar-refractivity contribution is -0.142. The molecule has 1 aromatic carbocycles. The number of pyridine rings is 1. The fraction of sp³-hybridized carbons (Fsp3) is 0.500. The topological polar surface area (TPSA) is 93.2 Å². The molecule has 3 saturated heterocycles. The summed E-state index contributed by atoms with van der Waals surface area (Å²) in [6.07, 6.45) is 5.79. The molecule has 2 aromatic heterocycles. The number of hydrogen-bond donors (Lipinski definition) is 0. The van der Waals surface area contributed by atoms with Crippen LogP contribution < -0.4 is 9.64 Å². The maximum absolute atomic E-state index is 11.7. The highest BCUT2D eigenvalue weighted by Crippen LogP contribution is 2.31. The van der Waals surface area contributed by atoms with Crippen molar-refractivity contribution in [3.63, 3.8) is 0 Å². The number of benzene rings is 1. The van der Waals surface area contributed by atoms with Gasteiger partial charge in [-0.05, 0) is 68.6 Å². The largest absolute Gasteiger partial charge is 0.469 e. The molecule has 234 valence electrons. The first-order chi connectivity index (χ1) is 21.3. The number of halogens is 2. The van der Waals surface area contributed by atoms with Crippen molar-refractivity contribution in [3.05, 3.63) is 58.3 Å². The lowest BCUT2D eigenvalue weighted by Gasteiger charge is -2.46. The van der Waals surface area contributed by atoms with Gasteiger partial charge in [0.1, 0.15) is 0 Å². The van der Waals surface area contributed by atoms with Crippen LogP contribution >= 0.6 is 23.2 Å². The highest BCUT2D eigenvalue weighted by atomic mass is 35.5. The van der Waals surface area contributed by atoms with Crippen molar-refractivity contribution < 1.29 is 19.0 Å². The Morgan fingerprint density at radius 1 is 1.00 bits per heavy atom. The Bertz CT molecular complexity index is 1430. The predicted molar refractivity (Wildman–Crippen MR) is 169 cm³/mol. The molecule has 0 radical (unpaired) electrons. The highest BCUT2D eigenvalue weighted by Gasteiger charge is 2.34. The van der Waals surface area contributed by atoms with Crippen LogP contribution in [0, 0.1) is 5.92 Å². The summed E-state index contributed by atoms with van der Waals surface area (Å²) in [5.41, 5.74) is 2.57. The molecule has 3 aliphatic rings. The van der Waals surface area contributed by atoms with Gasteiger partial charge in [-0.15, -0.1) is 0 Å². The van der Waals surface area contributed by atoms with Crippen molar-refractivity contribution in [2.45, 2.75) is 44.8 Å². The molecule has 0 saturated carbocycles. The average molecular weight is 642 g/mol. The third-order valence-corrected chi connectivity index (χ3v) is 9.14. The zero-order chi connectivity index (χ0) is 30.6. The number of nitrogens with zero attached hydrogens (tertiary/aromatic N) is 6. The predicted octanol–water partition coefficient (Wildman–Crippen LogP) is 5.32. The number of piperidine rings is 1. The molecular formula is C32H38Cl2N6O4. The van der Waals surface area contributed by atoms with Crippen LogP contribution in [-0.2, 0) is 20.8 Å². The molecule has 0 amide bonds. The first-order valence-corrected chi connectivity index (χ1v) is 15.9. The van der Waals surface area contributed by atoms with Crippen molar-refractivity contribution in [2.24, 2.45) is 5.92 Å². The second-order valence-corrected chi connectivity index (χ2v) is 12.8. The summed E-state index contributed by atoms with van der Waals surface area (Å²) in [5.74, 6) is 1.86. The summed E-state index contributed by atoms with van der Waals surface area (Å²) in [5, 5.41) is 1.07. The molecule has 3 fully saturated rings. The molecule has 0 bridgehead atoms. The van der Waals surface area contributed by atoms with Crippen molar-refractivity contribution in [1.82, 2.24) is 24.8 Å². The molecular weight excluding hydrogens is 603 g/mol. The molecule has 0 N–H and O–H groups in total. The summed E-state index contributed by atoms with van der Waals surface area (Å²) in [6.45, 7) is 9.11. The van der Waals surface area contributed by atoms with Crippen molar-refractivity contribution in [2.75, 3.05) is 57.9 Å². The minimum absolute atomic E-state index is 0.141. The second kappa shape index (κ2) is 14.0. The lowest BCUT2D eigenvalue weighted by atomic mass is 9.93. The van der Waals surface area contributed by atoms with E-state index in [2.05, 4.69) is 31.6 Å². The van der Waals surface area contributed by atoms with Gasteiger partial charge in [0.25, 0.3) is 0 Å². The van der Waals surface area contributed by atoms with E-state index in [0.29, 0.717) is 57.7 Å². The second-order valence-electron chi connectivity index (χ2n) is 11.9. The fourth-order valence-corrected chi connectivity index (χ4v) is 6.76. The van der Waals surface area contributed by atoms with E-state index < -0.39 is 0 Å². The maximum atomic E-state index is 11.7. The molecule has 44 heavy (non-hydrogen) atoms. The van der Waals surface area contributed by atoms with E-state index in [9.17, 15) is 4.79 Å². The monoisotopic (exact) mass is 640 g/mol. The Hall–Kier alpha value is -3.02. The number of anilines is 1. The molecule has 5 heterocycles. The van der Waals surface area contributed by atoms with E-state index in [1.165, 1.54) is 7.11 Å². The van der Waals surface area contributed by atoms with Gasteiger partial charge in [-0.1, -0.05) is 23.2 Å². The summed E-state index contributed by atoms with van der Waals surface area (Å²) < 4.78 is 16.5. The normalized spacial score (nSPS) is 20.4. The highest BCUT2D eigenvalue weighted by molar-refractivity contribution is 6.35. The van der Waals surface area contributed by atoms with Gasteiger partial charge in [-0.3, -0.25) is 14.6 Å². The Kier molecular flexibility index (Phi) is 9.83. The summed E-state index contributed by atoms with van der Waals surface area (Å²) in [4.78, 5) is 32.9. The SMILES string of the molecule is COC(=O)CC1CCN(Cc2cc(Oc3cnc(N4CCN(C5COC5)C(C)C4)nc3)nc(-c3cc(Cl)cc(Cl)c3)c2)CC1. The molecule has 1 atom stereocenters. The number of piperazine rings is 1. The van der Waals surface area contributed by atoms with E-state index in [-0.39, 0.29) is 5.97 Å². The van der Waals surface area contributed by atoms with Crippen LogP contribution in [-0.4, -0.2) is 95.9 Å². The van der Waals surface area contributed by atoms with E-state index in [1.807, 2.05) is 24.3 Å². The number of methoxy groups -OCH3 is 1. The van der Waals surface area contributed by atoms with Gasteiger partial charge in [-0.25, -0.2) is 15.0 Å². The molecule has 1 unspecified atom stereocenters. The minimum Gasteiger partial charge on any atom is -0.469 e. The molecule has 6 rings (SSSR count). The first-order valence-electron chi connectivity index (χ1n) is 15.2. The summed E-state index contributed by atoms with van der Waals surface area (Å²) in [6, 6.07) is 10.3. The minimum atomic E-state index is -0.141. The number of esters is 1. The Morgan fingerprint density at radius 3 is 2.36 bits per heavy atom. The molecule has 12 heteroatoms. The quantitative estimate of drug-likeness (QED) is 0.286. The third kappa shape index (κ3) is 7.61. The first kappa shape index (κ1) is 31.0. The van der Waals surface area contributed by atoms with Gasteiger partial charge in [0.15, 0.2) is 5.75 Å². The number of hydrogen-bond acceptors (Lipinski definition) is 10. The molecule has 10 nitrogen and oxygen atoms in total. The zero-order valence-electron chi connectivity index (χ0n) is 25.1. The Labute approximate surface area is 268 Å². The van der Waals surface area contributed by atoms with Crippen LogP contribution in [0.25, 0.3) is 11.3 Å². The molecule has 3 aromatic rings. The molecule has 0 aliphatic carbocycles. The number of likely N-dealkylation sites (tertiary alicyclic amines) is 1.